The Morgan fingerprint density at radius 2 is 2.04 bits per heavy atom. The zero-order valence-corrected chi connectivity index (χ0v) is 12.3. The van der Waals surface area contributed by atoms with Crippen molar-refractivity contribution in [2.24, 2.45) is 0 Å². The molecule has 3 aromatic rings. The highest BCUT2D eigenvalue weighted by Crippen LogP contribution is 2.19. The largest absolute Gasteiger partial charge is 0.341 e. The van der Waals surface area contributed by atoms with Crippen molar-refractivity contribution >= 4 is 28.7 Å². The third kappa shape index (κ3) is 3.26. The molecule has 0 fully saturated rings. The Morgan fingerprint density at radius 1 is 1.17 bits per heavy atom. The van der Waals surface area contributed by atoms with Gasteiger partial charge >= 0.3 is 12.1 Å². The highest BCUT2D eigenvalue weighted by molar-refractivity contribution is 6.01. The van der Waals surface area contributed by atoms with Gasteiger partial charge in [-0.2, -0.15) is 5.10 Å². The number of rotatable bonds is 2. The first-order chi connectivity index (χ1) is 11.2. The Labute approximate surface area is 131 Å². The van der Waals surface area contributed by atoms with Gasteiger partial charge in [-0.3, -0.25) is 10.3 Å². The van der Waals surface area contributed by atoms with Crippen LogP contribution in [-0.2, 0) is 0 Å². The van der Waals surface area contributed by atoms with Crippen molar-refractivity contribution in [3.05, 3.63) is 48.9 Å². The van der Waals surface area contributed by atoms with E-state index < -0.39 is 12.1 Å². The number of urea groups is 2. The van der Waals surface area contributed by atoms with E-state index in [2.05, 4.69) is 26.0 Å². The van der Waals surface area contributed by atoms with Gasteiger partial charge in [0.05, 0.1) is 17.4 Å². The van der Waals surface area contributed by atoms with Crippen molar-refractivity contribution in [1.82, 2.24) is 25.4 Å². The predicted octanol–water partition coefficient (Wildman–Crippen LogP) is 1.88. The Kier molecular flexibility index (Phi) is 3.88. The highest BCUT2D eigenvalue weighted by Gasteiger charge is 2.08. The van der Waals surface area contributed by atoms with E-state index >= 15 is 0 Å². The summed E-state index contributed by atoms with van der Waals surface area (Å²) in [5, 5.41) is 12.3. The average molecular weight is 310 g/mol. The van der Waals surface area contributed by atoms with Crippen LogP contribution in [0.2, 0.25) is 0 Å². The zero-order chi connectivity index (χ0) is 16.2. The zero-order valence-electron chi connectivity index (χ0n) is 12.3. The lowest BCUT2D eigenvalue weighted by molar-refractivity contribution is 0.234. The number of nitrogens with one attached hydrogen (secondary N) is 3. The summed E-state index contributed by atoms with van der Waals surface area (Å²) in [7, 11) is 1.43. The summed E-state index contributed by atoms with van der Waals surface area (Å²) in [6.07, 6.45) is 5.25. The van der Waals surface area contributed by atoms with Crippen LogP contribution in [0.25, 0.3) is 16.6 Å². The first-order valence-corrected chi connectivity index (χ1v) is 6.85. The van der Waals surface area contributed by atoms with E-state index in [1.807, 2.05) is 18.3 Å². The molecule has 2 heterocycles. The van der Waals surface area contributed by atoms with Gasteiger partial charge in [0.15, 0.2) is 0 Å². The number of carbonyl (C=O) groups is 2. The Hall–Kier alpha value is -3.42. The molecule has 0 aliphatic carbocycles. The van der Waals surface area contributed by atoms with Crippen LogP contribution in [0.15, 0.2) is 48.9 Å². The first kappa shape index (κ1) is 14.5. The third-order valence-corrected chi connectivity index (χ3v) is 3.13. The molecule has 0 saturated heterocycles. The maximum atomic E-state index is 11.6. The van der Waals surface area contributed by atoms with E-state index in [1.165, 1.54) is 7.05 Å². The van der Waals surface area contributed by atoms with Crippen LogP contribution < -0.4 is 16.0 Å². The van der Waals surface area contributed by atoms with Gasteiger partial charge in [0.25, 0.3) is 0 Å². The minimum absolute atomic E-state index is 0.560. The van der Waals surface area contributed by atoms with Crippen LogP contribution in [-0.4, -0.2) is 33.9 Å². The SMILES string of the molecule is CNC(=O)NC(=O)Nc1ccc2nn(-c3cccnc3)cc2c1. The third-order valence-electron chi connectivity index (χ3n) is 3.13. The number of hydrogen-bond acceptors (Lipinski definition) is 4. The molecule has 2 aromatic heterocycles. The molecule has 3 rings (SSSR count). The molecule has 0 aliphatic heterocycles. The number of pyridine rings is 1. The maximum absolute atomic E-state index is 11.6. The smallest absolute Gasteiger partial charge is 0.327 e. The van der Waals surface area contributed by atoms with Crippen molar-refractivity contribution in [2.45, 2.75) is 0 Å². The van der Waals surface area contributed by atoms with Gasteiger partial charge in [0.2, 0.25) is 0 Å². The molecule has 0 unspecified atom stereocenters. The number of benzene rings is 1. The normalized spacial score (nSPS) is 10.3. The van der Waals surface area contributed by atoms with E-state index in [9.17, 15) is 9.59 Å². The summed E-state index contributed by atoms with van der Waals surface area (Å²) >= 11 is 0. The molecule has 0 bridgehead atoms. The number of fused-ring (bicyclic) bond motifs is 1. The van der Waals surface area contributed by atoms with E-state index in [0.29, 0.717) is 5.69 Å². The van der Waals surface area contributed by atoms with Gasteiger partial charge in [-0.25, -0.2) is 14.3 Å². The molecule has 0 aliphatic rings. The molecule has 116 valence electrons. The number of aromatic nitrogens is 3. The van der Waals surface area contributed by atoms with E-state index in [4.69, 9.17) is 0 Å². The van der Waals surface area contributed by atoms with Crippen molar-refractivity contribution in [2.75, 3.05) is 12.4 Å². The summed E-state index contributed by atoms with van der Waals surface area (Å²) in [4.78, 5) is 26.8. The van der Waals surface area contributed by atoms with Gasteiger partial charge < -0.3 is 10.6 Å². The molecule has 23 heavy (non-hydrogen) atoms. The van der Waals surface area contributed by atoms with Crippen LogP contribution in [0.3, 0.4) is 0 Å². The van der Waals surface area contributed by atoms with Gasteiger partial charge in [-0.1, -0.05) is 0 Å². The molecule has 0 spiro atoms. The van der Waals surface area contributed by atoms with Gasteiger partial charge in [-0.05, 0) is 30.3 Å². The van der Waals surface area contributed by atoms with Crippen molar-refractivity contribution in [3.8, 4) is 5.69 Å². The van der Waals surface area contributed by atoms with Crippen molar-refractivity contribution in [1.29, 1.82) is 0 Å². The molecule has 8 heteroatoms. The number of amides is 4. The van der Waals surface area contributed by atoms with Crippen LogP contribution in [0.5, 0.6) is 0 Å². The number of nitrogens with zero attached hydrogens (tertiary/aromatic N) is 3. The fourth-order valence-electron chi connectivity index (χ4n) is 2.05. The van der Waals surface area contributed by atoms with Crippen LogP contribution in [0, 0.1) is 0 Å². The molecule has 0 saturated carbocycles. The van der Waals surface area contributed by atoms with E-state index in [0.717, 1.165) is 16.6 Å². The number of hydrogen-bond donors (Lipinski definition) is 3. The number of anilines is 1. The number of imide groups is 1. The second-order valence-corrected chi connectivity index (χ2v) is 4.72. The van der Waals surface area contributed by atoms with Gasteiger partial charge in [0.1, 0.15) is 0 Å². The Morgan fingerprint density at radius 3 is 2.78 bits per heavy atom. The molecular formula is C15H14N6O2. The Balaban J connectivity index is 1.82. The van der Waals surface area contributed by atoms with E-state index in [-0.39, 0.29) is 0 Å². The minimum Gasteiger partial charge on any atom is -0.341 e. The lowest BCUT2D eigenvalue weighted by Gasteiger charge is -2.05. The van der Waals surface area contributed by atoms with Crippen LogP contribution >= 0.6 is 0 Å². The number of carbonyl (C=O) groups excluding carboxylic acids is 2. The molecule has 8 nitrogen and oxygen atoms in total. The van der Waals surface area contributed by atoms with Crippen LogP contribution in [0.1, 0.15) is 0 Å². The second kappa shape index (κ2) is 6.14. The molecule has 0 atom stereocenters. The quantitative estimate of drug-likeness (QED) is 0.672. The first-order valence-electron chi connectivity index (χ1n) is 6.85. The lowest BCUT2D eigenvalue weighted by atomic mass is 10.2. The molecule has 3 N–H and O–H groups in total. The topological polar surface area (TPSA) is 101 Å². The summed E-state index contributed by atoms with van der Waals surface area (Å²) in [5.74, 6) is 0. The molecule has 4 amide bonds. The maximum Gasteiger partial charge on any atom is 0.327 e. The van der Waals surface area contributed by atoms with Gasteiger partial charge in [-0.15, -0.1) is 0 Å². The fraction of sp³-hybridized carbons (Fsp3) is 0.0667. The summed E-state index contributed by atoms with van der Waals surface area (Å²) in [5.41, 5.74) is 2.19. The lowest BCUT2D eigenvalue weighted by Crippen LogP contribution is -2.39. The molecule has 1 aromatic carbocycles. The van der Waals surface area contributed by atoms with E-state index in [1.54, 1.807) is 35.3 Å². The van der Waals surface area contributed by atoms with Crippen LogP contribution in [0.4, 0.5) is 15.3 Å². The minimum atomic E-state index is -0.608. The molecular weight excluding hydrogens is 296 g/mol. The van der Waals surface area contributed by atoms with Gasteiger partial charge in [0, 0.05) is 30.5 Å². The van der Waals surface area contributed by atoms with Crippen molar-refractivity contribution in [3.63, 3.8) is 0 Å². The standard InChI is InChI=1S/C15H14N6O2/c1-16-14(22)19-15(23)18-11-4-5-13-10(7-11)9-21(20-13)12-3-2-6-17-8-12/h2-9H,1H3,(H3,16,18,19,22,23). The van der Waals surface area contributed by atoms with Crippen molar-refractivity contribution < 1.29 is 9.59 Å². The monoisotopic (exact) mass is 310 g/mol. The predicted molar refractivity (Wildman–Crippen MR) is 85.5 cm³/mol. The summed E-state index contributed by atoms with van der Waals surface area (Å²) in [6.45, 7) is 0. The molecule has 0 radical (unpaired) electrons. The highest BCUT2D eigenvalue weighted by atomic mass is 16.2. The Bertz CT molecular complexity index is 859. The fourth-order valence-corrected chi connectivity index (χ4v) is 2.05. The summed E-state index contributed by atoms with van der Waals surface area (Å²) in [6, 6.07) is 7.83. The second-order valence-electron chi connectivity index (χ2n) is 4.72. The summed E-state index contributed by atoms with van der Waals surface area (Å²) < 4.78 is 1.71. The average Bonchev–Trinajstić information content (AvgIpc) is 2.98.